The molecule has 0 bridgehead atoms. The third-order valence-corrected chi connectivity index (χ3v) is 4.05. The monoisotopic (exact) mass is 323 g/mol. The van der Waals surface area contributed by atoms with E-state index < -0.39 is 24.3 Å². The van der Waals surface area contributed by atoms with E-state index in [2.05, 4.69) is 0 Å². The number of amides is 1. The van der Waals surface area contributed by atoms with E-state index in [1.165, 1.54) is 4.90 Å². The number of aliphatic hydroxyl groups is 2. The molecule has 1 aliphatic heterocycles. The number of aliphatic hydroxyl groups excluding tert-OH is 2. The quantitative estimate of drug-likeness (QED) is 0.512. The van der Waals surface area contributed by atoms with E-state index in [4.69, 9.17) is 0 Å². The van der Waals surface area contributed by atoms with Gasteiger partial charge in [0.2, 0.25) is 0 Å². The topological polar surface area (TPSA) is 77.8 Å². The number of nitrogens with zero attached hydrogens (tertiary/aromatic N) is 1. The molecule has 1 aliphatic rings. The summed E-state index contributed by atoms with van der Waals surface area (Å²) in [5, 5.41) is 19.9. The highest BCUT2D eigenvalue weighted by Crippen LogP contribution is 2.28. The normalized spacial score (nSPS) is 19.7. The van der Waals surface area contributed by atoms with E-state index in [9.17, 15) is 19.8 Å². The molecule has 0 aliphatic carbocycles. The SMILES string of the molecule is O=C1/C(=C(\O)c2ccccc2)C(=O)N(Cc2ccccc2)[C@H]1CO. The molecule has 0 saturated carbocycles. The van der Waals surface area contributed by atoms with Crippen LogP contribution in [0, 0.1) is 0 Å². The van der Waals surface area contributed by atoms with Crippen molar-refractivity contribution in [2.45, 2.75) is 12.6 Å². The van der Waals surface area contributed by atoms with E-state index in [0.29, 0.717) is 5.56 Å². The van der Waals surface area contributed by atoms with E-state index in [1.54, 1.807) is 30.3 Å². The van der Waals surface area contributed by atoms with Gasteiger partial charge in [0.15, 0.2) is 5.78 Å². The molecule has 0 radical (unpaired) electrons. The maximum atomic E-state index is 12.7. The van der Waals surface area contributed by atoms with Gasteiger partial charge in [-0.05, 0) is 5.56 Å². The first-order valence-electron chi connectivity index (χ1n) is 7.62. The molecule has 122 valence electrons. The summed E-state index contributed by atoms with van der Waals surface area (Å²) in [5.74, 6) is -1.47. The second kappa shape index (κ2) is 6.68. The Morgan fingerprint density at radius 1 is 0.958 bits per heavy atom. The summed E-state index contributed by atoms with van der Waals surface area (Å²) in [6.07, 6.45) is 0. The van der Waals surface area contributed by atoms with Gasteiger partial charge in [0, 0.05) is 12.1 Å². The maximum absolute atomic E-state index is 12.7. The highest BCUT2D eigenvalue weighted by molar-refractivity contribution is 6.30. The van der Waals surface area contributed by atoms with E-state index in [1.807, 2.05) is 30.3 Å². The summed E-state index contributed by atoms with van der Waals surface area (Å²) < 4.78 is 0. The number of carbonyl (C=O) groups excluding carboxylic acids is 2. The van der Waals surface area contributed by atoms with Gasteiger partial charge in [-0.25, -0.2) is 0 Å². The number of Topliss-reactive ketones (excluding diaryl/α,β-unsaturated/α-hetero) is 1. The molecule has 2 N–H and O–H groups in total. The molecule has 2 aromatic rings. The van der Waals surface area contributed by atoms with Crippen molar-refractivity contribution >= 4 is 17.4 Å². The molecule has 1 fully saturated rings. The molecular formula is C19H17NO4. The molecule has 0 aromatic heterocycles. The largest absolute Gasteiger partial charge is 0.506 e. The van der Waals surface area contributed by atoms with Gasteiger partial charge in [-0.1, -0.05) is 60.7 Å². The molecule has 1 heterocycles. The Bertz CT molecular complexity index is 784. The maximum Gasteiger partial charge on any atom is 0.262 e. The van der Waals surface area contributed by atoms with Crippen molar-refractivity contribution in [3.05, 3.63) is 77.4 Å². The van der Waals surface area contributed by atoms with E-state index in [-0.39, 0.29) is 17.9 Å². The first kappa shape index (κ1) is 16.0. The number of ketones is 1. The minimum atomic E-state index is -0.974. The molecule has 24 heavy (non-hydrogen) atoms. The molecule has 1 amide bonds. The second-order valence-corrected chi connectivity index (χ2v) is 5.57. The summed E-state index contributed by atoms with van der Waals surface area (Å²) in [6, 6.07) is 16.7. The number of hydrogen-bond acceptors (Lipinski definition) is 4. The van der Waals surface area contributed by atoms with Crippen molar-refractivity contribution in [2.24, 2.45) is 0 Å². The molecule has 0 unspecified atom stereocenters. The van der Waals surface area contributed by atoms with Crippen molar-refractivity contribution in [3.8, 4) is 0 Å². The number of benzene rings is 2. The Kier molecular flexibility index (Phi) is 4.44. The van der Waals surface area contributed by atoms with Crippen molar-refractivity contribution in [2.75, 3.05) is 6.61 Å². The molecule has 5 nitrogen and oxygen atoms in total. The standard InChI is InChI=1S/C19H17NO4/c21-12-15-18(23)16(17(22)14-9-5-2-6-10-14)19(24)20(15)11-13-7-3-1-4-8-13/h1-10,15,21-22H,11-12H2/b17-16+/t15-/m0/s1. The zero-order valence-corrected chi connectivity index (χ0v) is 12.9. The molecule has 2 aromatic carbocycles. The zero-order valence-electron chi connectivity index (χ0n) is 12.9. The third-order valence-electron chi connectivity index (χ3n) is 4.05. The summed E-state index contributed by atoms with van der Waals surface area (Å²) in [7, 11) is 0. The fourth-order valence-electron chi connectivity index (χ4n) is 2.80. The van der Waals surface area contributed by atoms with Crippen molar-refractivity contribution in [1.82, 2.24) is 4.90 Å². The Balaban J connectivity index is 1.98. The van der Waals surface area contributed by atoms with Gasteiger partial charge in [-0.2, -0.15) is 0 Å². The summed E-state index contributed by atoms with van der Waals surface area (Å²) in [6.45, 7) is -0.287. The first-order chi connectivity index (χ1) is 11.6. The van der Waals surface area contributed by atoms with Crippen LogP contribution in [0.1, 0.15) is 11.1 Å². The lowest BCUT2D eigenvalue weighted by atomic mass is 10.0. The van der Waals surface area contributed by atoms with Crippen molar-refractivity contribution in [1.29, 1.82) is 0 Å². The predicted octanol–water partition coefficient (Wildman–Crippen LogP) is 1.93. The van der Waals surface area contributed by atoms with Crippen LogP contribution in [0.2, 0.25) is 0 Å². The van der Waals surface area contributed by atoms with Crippen LogP contribution in [0.5, 0.6) is 0 Å². The Morgan fingerprint density at radius 3 is 2.12 bits per heavy atom. The van der Waals surface area contributed by atoms with Crippen LogP contribution in [0.15, 0.2) is 66.2 Å². The van der Waals surface area contributed by atoms with E-state index in [0.717, 1.165) is 5.56 Å². The fraction of sp³-hybridized carbons (Fsp3) is 0.158. The Morgan fingerprint density at radius 2 is 1.54 bits per heavy atom. The second-order valence-electron chi connectivity index (χ2n) is 5.57. The van der Waals surface area contributed by atoms with Crippen LogP contribution in [0.4, 0.5) is 0 Å². The van der Waals surface area contributed by atoms with Crippen molar-refractivity contribution < 1.29 is 19.8 Å². The van der Waals surface area contributed by atoms with Gasteiger partial charge in [-0.15, -0.1) is 0 Å². The van der Waals surface area contributed by atoms with Crippen LogP contribution in [-0.4, -0.2) is 39.5 Å². The lowest BCUT2D eigenvalue weighted by Crippen LogP contribution is -2.37. The number of hydrogen-bond donors (Lipinski definition) is 2. The number of carbonyl (C=O) groups is 2. The summed E-state index contributed by atoms with van der Waals surface area (Å²) >= 11 is 0. The minimum Gasteiger partial charge on any atom is -0.506 e. The van der Waals surface area contributed by atoms with Gasteiger partial charge in [0.25, 0.3) is 5.91 Å². The van der Waals surface area contributed by atoms with Gasteiger partial charge in [0.05, 0.1) is 6.61 Å². The van der Waals surface area contributed by atoms with Gasteiger partial charge in [0.1, 0.15) is 17.4 Å². The minimum absolute atomic E-state index is 0.197. The average molecular weight is 323 g/mol. The fourth-order valence-corrected chi connectivity index (χ4v) is 2.80. The van der Waals surface area contributed by atoms with Gasteiger partial charge in [-0.3, -0.25) is 9.59 Å². The molecule has 3 rings (SSSR count). The molecule has 5 heteroatoms. The van der Waals surface area contributed by atoms with Crippen LogP contribution in [0.25, 0.3) is 5.76 Å². The number of likely N-dealkylation sites (tertiary alicyclic amines) is 1. The first-order valence-corrected chi connectivity index (χ1v) is 7.62. The lowest BCUT2D eigenvalue weighted by molar-refractivity contribution is -0.128. The summed E-state index contributed by atoms with van der Waals surface area (Å²) in [4.78, 5) is 26.5. The average Bonchev–Trinajstić information content (AvgIpc) is 2.86. The molecule has 1 saturated heterocycles. The van der Waals surface area contributed by atoms with Gasteiger partial charge < -0.3 is 15.1 Å². The van der Waals surface area contributed by atoms with Gasteiger partial charge >= 0.3 is 0 Å². The van der Waals surface area contributed by atoms with Crippen LogP contribution < -0.4 is 0 Å². The smallest absolute Gasteiger partial charge is 0.262 e. The van der Waals surface area contributed by atoms with Crippen LogP contribution in [0.3, 0.4) is 0 Å². The predicted molar refractivity (Wildman–Crippen MR) is 88.9 cm³/mol. The third kappa shape index (κ3) is 2.81. The summed E-state index contributed by atoms with van der Waals surface area (Å²) in [5.41, 5.74) is 0.973. The van der Waals surface area contributed by atoms with Crippen LogP contribution >= 0.6 is 0 Å². The lowest BCUT2D eigenvalue weighted by Gasteiger charge is -2.21. The number of rotatable bonds is 4. The van der Waals surface area contributed by atoms with Crippen LogP contribution in [-0.2, 0) is 16.1 Å². The Hall–Kier alpha value is -2.92. The molecule has 1 atom stereocenters. The Labute approximate surface area is 139 Å². The van der Waals surface area contributed by atoms with Crippen molar-refractivity contribution in [3.63, 3.8) is 0 Å². The zero-order chi connectivity index (χ0) is 17.1. The molecular weight excluding hydrogens is 306 g/mol. The van der Waals surface area contributed by atoms with E-state index >= 15 is 0 Å². The highest BCUT2D eigenvalue weighted by Gasteiger charge is 2.44. The highest BCUT2D eigenvalue weighted by atomic mass is 16.3. The molecule has 0 spiro atoms.